The molecule has 2 aromatic rings. The first-order chi connectivity index (χ1) is 11.5. The zero-order valence-corrected chi connectivity index (χ0v) is 13.1. The molecule has 1 saturated heterocycles. The van der Waals surface area contributed by atoms with Gasteiger partial charge in [-0.25, -0.2) is 4.79 Å². The van der Waals surface area contributed by atoms with Crippen LogP contribution >= 0.6 is 0 Å². The Balaban J connectivity index is 1.72. The van der Waals surface area contributed by atoms with Gasteiger partial charge in [0, 0.05) is 32.4 Å². The van der Waals surface area contributed by atoms with Crippen molar-refractivity contribution in [2.24, 2.45) is 5.73 Å². The highest BCUT2D eigenvalue weighted by Crippen LogP contribution is 2.15. The number of carbonyl (C=O) groups is 2. The van der Waals surface area contributed by atoms with Gasteiger partial charge >= 0.3 is 5.69 Å². The van der Waals surface area contributed by atoms with Crippen LogP contribution in [-0.2, 0) is 11.3 Å². The number of hydrogen-bond donors (Lipinski definition) is 3. The summed E-state index contributed by atoms with van der Waals surface area (Å²) < 4.78 is 0. The minimum Gasteiger partial charge on any atom is -0.368 e. The summed E-state index contributed by atoms with van der Waals surface area (Å²) in [4.78, 5) is 43.7. The number of nitrogens with zero attached hydrogens (tertiary/aromatic N) is 2. The lowest BCUT2D eigenvalue weighted by Crippen LogP contribution is -2.58. The van der Waals surface area contributed by atoms with E-state index in [1.165, 1.54) is 11.1 Å². The van der Waals surface area contributed by atoms with Crippen LogP contribution in [0.3, 0.4) is 0 Å². The van der Waals surface area contributed by atoms with Gasteiger partial charge in [-0.1, -0.05) is 30.3 Å². The molecule has 0 unspecified atom stereocenters. The Morgan fingerprint density at radius 1 is 1.21 bits per heavy atom. The lowest BCUT2D eigenvalue weighted by atomic mass is 10.1. The zero-order chi connectivity index (χ0) is 17.1. The minimum atomic E-state index is -0.562. The van der Waals surface area contributed by atoms with Gasteiger partial charge in [0.1, 0.15) is 11.7 Å². The molecule has 1 aliphatic heterocycles. The average molecular weight is 329 g/mol. The Labute approximate surface area is 138 Å². The number of carbonyl (C=O) groups excluding carboxylic acids is 2. The standard InChI is InChI=1S/C16H19N5O3/c17-14(22)13-10-21(15(23)12-8-18-16(24)19-12)7-6-20(13)9-11-4-2-1-3-5-11/h1-5,8,13H,6-7,9-10H2,(H2,17,22)(H2,18,19,24)/t13-/m0/s1. The van der Waals surface area contributed by atoms with Gasteiger partial charge in [0.15, 0.2) is 0 Å². The molecule has 4 N–H and O–H groups in total. The van der Waals surface area contributed by atoms with E-state index >= 15 is 0 Å². The number of hydrogen-bond acceptors (Lipinski definition) is 4. The summed E-state index contributed by atoms with van der Waals surface area (Å²) in [5, 5.41) is 0. The van der Waals surface area contributed by atoms with Crippen molar-refractivity contribution < 1.29 is 9.59 Å². The maximum atomic E-state index is 12.4. The molecule has 24 heavy (non-hydrogen) atoms. The molecular weight excluding hydrogens is 310 g/mol. The van der Waals surface area contributed by atoms with Gasteiger partial charge < -0.3 is 20.6 Å². The van der Waals surface area contributed by atoms with E-state index in [9.17, 15) is 14.4 Å². The molecule has 1 atom stereocenters. The smallest absolute Gasteiger partial charge is 0.323 e. The molecule has 8 nitrogen and oxygen atoms in total. The molecule has 0 aliphatic carbocycles. The summed E-state index contributed by atoms with van der Waals surface area (Å²) in [6.07, 6.45) is 1.33. The largest absolute Gasteiger partial charge is 0.368 e. The third-order valence-corrected chi connectivity index (χ3v) is 4.16. The van der Waals surface area contributed by atoms with Crippen LogP contribution in [0.5, 0.6) is 0 Å². The van der Waals surface area contributed by atoms with Gasteiger partial charge in [-0.05, 0) is 5.56 Å². The Bertz CT molecular complexity index is 782. The minimum absolute atomic E-state index is 0.180. The number of rotatable bonds is 4. The predicted molar refractivity (Wildman–Crippen MR) is 87.2 cm³/mol. The van der Waals surface area contributed by atoms with Gasteiger partial charge in [-0.15, -0.1) is 0 Å². The molecule has 0 bridgehead atoms. The molecule has 1 fully saturated rings. The predicted octanol–water partition coefficient (Wildman–Crippen LogP) is -0.485. The van der Waals surface area contributed by atoms with E-state index in [4.69, 9.17) is 5.73 Å². The molecule has 126 valence electrons. The van der Waals surface area contributed by atoms with Crippen molar-refractivity contribution in [3.05, 3.63) is 58.3 Å². The fraction of sp³-hybridized carbons (Fsp3) is 0.312. The van der Waals surface area contributed by atoms with Crippen LogP contribution < -0.4 is 11.4 Å². The number of H-pyrrole nitrogens is 2. The normalized spacial score (nSPS) is 18.5. The van der Waals surface area contributed by atoms with Crippen LogP contribution in [0.4, 0.5) is 0 Å². The molecule has 1 aromatic carbocycles. The average Bonchev–Trinajstić information content (AvgIpc) is 3.02. The van der Waals surface area contributed by atoms with Crippen molar-refractivity contribution in [2.45, 2.75) is 12.6 Å². The Kier molecular flexibility index (Phi) is 4.48. The summed E-state index contributed by atoms with van der Waals surface area (Å²) in [6, 6.07) is 9.23. The van der Waals surface area contributed by atoms with Crippen LogP contribution in [0.2, 0.25) is 0 Å². The van der Waals surface area contributed by atoms with Gasteiger partial charge in [0.2, 0.25) is 5.91 Å². The quantitative estimate of drug-likeness (QED) is 0.702. The number of imidazole rings is 1. The highest BCUT2D eigenvalue weighted by molar-refractivity contribution is 5.92. The van der Waals surface area contributed by atoms with E-state index in [2.05, 4.69) is 9.97 Å². The van der Waals surface area contributed by atoms with Crippen molar-refractivity contribution in [2.75, 3.05) is 19.6 Å². The summed E-state index contributed by atoms with van der Waals surface area (Å²) in [5.74, 6) is -0.787. The van der Waals surface area contributed by atoms with Gasteiger partial charge in [-0.3, -0.25) is 14.5 Å². The maximum absolute atomic E-state index is 12.4. The van der Waals surface area contributed by atoms with Crippen molar-refractivity contribution in [3.63, 3.8) is 0 Å². The molecule has 0 saturated carbocycles. The zero-order valence-electron chi connectivity index (χ0n) is 13.1. The van der Waals surface area contributed by atoms with Gasteiger partial charge in [-0.2, -0.15) is 0 Å². The first kappa shape index (κ1) is 16.0. The highest BCUT2D eigenvalue weighted by atomic mass is 16.2. The van der Waals surface area contributed by atoms with E-state index in [1.807, 2.05) is 35.2 Å². The summed E-state index contributed by atoms with van der Waals surface area (Å²) in [5.41, 5.74) is 6.36. The SMILES string of the molecule is NC(=O)[C@@H]1CN(C(=O)c2c[nH]c(=O)[nH]2)CCN1Cc1ccccc1. The van der Waals surface area contributed by atoms with Crippen LogP contribution in [-0.4, -0.2) is 57.3 Å². The summed E-state index contributed by atoms with van der Waals surface area (Å²) >= 11 is 0. The molecule has 0 radical (unpaired) electrons. The Hall–Kier alpha value is -2.87. The second kappa shape index (κ2) is 6.71. The van der Waals surface area contributed by atoms with E-state index in [0.29, 0.717) is 19.6 Å². The molecule has 2 heterocycles. The third-order valence-electron chi connectivity index (χ3n) is 4.16. The number of nitrogens with two attached hydrogens (primary N) is 1. The molecule has 8 heteroatoms. The number of aromatic amines is 2. The Morgan fingerprint density at radius 2 is 1.96 bits per heavy atom. The third kappa shape index (κ3) is 3.38. The number of piperazine rings is 1. The maximum Gasteiger partial charge on any atom is 0.323 e. The van der Waals surface area contributed by atoms with Crippen molar-refractivity contribution >= 4 is 11.8 Å². The first-order valence-corrected chi connectivity index (χ1v) is 7.69. The fourth-order valence-electron chi connectivity index (χ4n) is 2.90. The number of aromatic nitrogens is 2. The molecule has 1 aromatic heterocycles. The van der Waals surface area contributed by atoms with Crippen LogP contribution in [0.15, 0.2) is 41.3 Å². The number of nitrogens with one attached hydrogen (secondary N) is 2. The van der Waals surface area contributed by atoms with Crippen LogP contribution in [0.25, 0.3) is 0 Å². The number of benzene rings is 1. The van der Waals surface area contributed by atoms with E-state index in [-0.39, 0.29) is 18.1 Å². The van der Waals surface area contributed by atoms with Crippen LogP contribution in [0.1, 0.15) is 16.1 Å². The monoisotopic (exact) mass is 329 g/mol. The van der Waals surface area contributed by atoms with E-state index in [1.54, 1.807) is 0 Å². The van der Waals surface area contributed by atoms with Crippen molar-refractivity contribution in [1.29, 1.82) is 0 Å². The van der Waals surface area contributed by atoms with Crippen molar-refractivity contribution in [1.82, 2.24) is 19.8 Å². The van der Waals surface area contributed by atoms with Gasteiger partial charge in [0.25, 0.3) is 5.91 Å². The second-order valence-electron chi connectivity index (χ2n) is 5.78. The highest BCUT2D eigenvalue weighted by Gasteiger charge is 2.33. The fourth-order valence-corrected chi connectivity index (χ4v) is 2.90. The molecule has 3 rings (SSSR count). The topological polar surface area (TPSA) is 115 Å². The number of amides is 2. The second-order valence-corrected chi connectivity index (χ2v) is 5.78. The molecular formula is C16H19N5O3. The van der Waals surface area contributed by atoms with E-state index in [0.717, 1.165) is 5.56 Å². The van der Waals surface area contributed by atoms with Gasteiger partial charge in [0.05, 0.1) is 0 Å². The molecule has 0 spiro atoms. The molecule has 2 amide bonds. The number of primary amides is 1. The molecule has 1 aliphatic rings. The summed E-state index contributed by atoms with van der Waals surface area (Å²) in [7, 11) is 0. The lowest BCUT2D eigenvalue weighted by molar-refractivity contribution is -0.125. The van der Waals surface area contributed by atoms with Crippen LogP contribution in [0, 0.1) is 0 Å². The Morgan fingerprint density at radius 3 is 2.58 bits per heavy atom. The van der Waals surface area contributed by atoms with E-state index < -0.39 is 17.6 Å². The van der Waals surface area contributed by atoms with Crippen molar-refractivity contribution in [3.8, 4) is 0 Å². The first-order valence-electron chi connectivity index (χ1n) is 7.69. The summed E-state index contributed by atoms with van der Waals surface area (Å²) in [6.45, 7) is 1.79. The lowest BCUT2D eigenvalue weighted by Gasteiger charge is -2.39.